The molecule has 0 saturated heterocycles. The Labute approximate surface area is 137 Å². The number of nitrogens with one attached hydrogen (secondary N) is 1. The smallest absolute Gasteiger partial charge is 0.189 e. The first-order valence-corrected chi connectivity index (χ1v) is 7.61. The second-order valence-electron chi connectivity index (χ2n) is 5.48. The number of benzene rings is 2. The van der Waals surface area contributed by atoms with Gasteiger partial charge in [0.15, 0.2) is 23.1 Å². The van der Waals surface area contributed by atoms with Gasteiger partial charge in [0, 0.05) is 11.1 Å². The van der Waals surface area contributed by atoms with E-state index in [0.29, 0.717) is 5.82 Å². The summed E-state index contributed by atoms with van der Waals surface area (Å²) in [4.78, 5) is 9.42. The molecule has 6 nitrogen and oxygen atoms in total. The van der Waals surface area contributed by atoms with Gasteiger partial charge in [-0.05, 0) is 0 Å². The number of hydrogen-bond acceptors (Lipinski definition) is 4. The van der Waals surface area contributed by atoms with E-state index in [4.69, 9.17) is 4.98 Å². The Kier molecular flexibility index (Phi) is 2.69. The molecular weight excluding hydrogens is 300 g/mol. The molecule has 0 aliphatic carbocycles. The van der Waals surface area contributed by atoms with Gasteiger partial charge in [-0.15, -0.1) is 5.10 Å². The van der Waals surface area contributed by atoms with Crippen LogP contribution in [0.3, 0.4) is 0 Å². The second-order valence-corrected chi connectivity index (χ2v) is 5.48. The predicted molar refractivity (Wildman–Crippen MR) is 90.4 cm³/mol. The first kappa shape index (κ1) is 13.0. The lowest BCUT2D eigenvalue weighted by Crippen LogP contribution is -2.01. The van der Waals surface area contributed by atoms with Gasteiger partial charge >= 0.3 is 0 Å². The van der Waals surface area contributed by atoms with Gasteiger partial charge in [-0.1, -0.05) is 60.7 Å². The number of rotatable bonds is 2. The van der Waals surface area contributed by atoms with Crippen LogP contribution in [-0.4, -0.2) is 29.8 Å². The van der Waals surface area contributed by atoms with Crippen LogP contribution >= 0.6 is 0 Å². The maximum atomic E-state index is 4.76. The van der Waals surface area contributed by atoms with E-state index in [1.165, 1.54) is 0 Å². The molecule has 1 N–H and O–H groups in total. The summed E-state index contributed by atoms with van der Waals surface area (Å²) >= 11 is 0. The standard InChI is InChI=1S/C18H12N6/c1-3-7-12(8-4-1)15-20-18-14-11-19-22-16(14)21-17(24(18)23-15)13-9-5-2-6-10-13/h1-11H,(H,20,23). The van der Waals surface area contributed by atoms with Crippen LogP contribution in [0.4, 0.5) is 0 Å². The van der Waals surface area contributed by atoms with Crippen molar-refractivity contribution < 1.29 is 0 Å². The molecule has 0 atom stereocenters. The van der Waals surface area contributed by atoms with Gasteiger partial charge in [0.2, 0.25) is 0 Å². The normalized spacial score (nSPS) is 11.3. The molecule has 1 aromatic heterocycles. The van der Waals surface area contributed by atoms with E-state index in [-0.39, 0.29) is 0 Å². The maximum absolute atomic E-state index is 4.76. The zero-order valence-corrected chi connectivity index (χ0v) is 12.6. The lowest BCUT2D eigenvalue weighted by atomic mass is 10.2. The van der Waals surface area contributed by atoms with Gasteiger partial charge in [-0.2, -0.15) is 5.10 Å². The molecule has 114 valence electrons. The summed E-state index contributed by atoms with van der Waals surface area (Å²) in [6.07, 6.45) is 1.70. The van der Waals surface area contributed by atoms with Gasteiger partial charge < -0.3 is 0 Å². The second kappa shape index (κ2) is 4.99. The van der Waals surface area contributed by atoms with Crippen molar-refractivity contribution in [3.63, 3.8) is 0 Å². The van der Waals surface area contributed by atoms with E-state index >= 15 is 0 Å². The van der Waals surface area contributed by atoms with E-state index in [1.807, 2.05) is 65.2 Å². The Morgan fingerprint density at radius 2 is 1.50 bits per heavy atom. The van der Waals surface area contributed by atoms with Crippen LogP contribution in [0.25, 0.3) is 39.8 Å². The monoisotopic (exact) mass is 312 g/mol. The molecule has 3 aromatic rings. The van der Waals surface area contributed by atoms with Crippen molar-refractivity contribution in [1.82, 2.24) is 29.8 Å². The number of aromatic nitrogens is 6. The van der Waals surface area contributed by atoms with Gasteiger partial charge in [0.05, 0.1) is 11.8 Å². The van der Waals surface area contributed by atoms with Crippen LogP contribution in [0.1, 0.15) is 0 Å². The highest BCUT2D eigenvalue weighted by Gasteiger charge is 2.20. The van der Waals surface area contributed by atoms with Crippen LogP contribution < -0.4 is 0 Å². The van der Waals surface area contributed by atoms with Crippen molar-refractivity contribution in [2.75, 3.05) is 0 Å². The zero-order valence-electron chi connectivity index (χ0n) is 12.6. The first-order valence-electron chi connectivity index (χ1n) is 7.61. The number of fused-ring (bicyclic) bond motifs is 3. The van der Waals surface area contributed by atoms with Crippen LogP contribution in [0.15, 0.2) is 66.9 Å². The highest BCUT2D eigenvalue weighted by atomic mass is 15.3. The summed E-state index contributed by atoms with van der Waals surface area (Å²) < 4.78 is 1.89. The van der Waals surface area contributed by atoms with E-state index in [2.05, 4.69) is 20.3 Å². The predicted octanol–water partition coefficient (Wildman–Crippen LogP) is 3.29. The van der Waals surface area contributed by atoms with Crippen molar-refractivity contribution in [3.8, 4) is 34.2 Å². The molecule has 3 heterocycles. The molecule has 24 heavy (non-hydrogen) atoms. The fourth-order valence-electron chi connectivity index (χ4n) is 2.82. The minimum atomic E-state index is 0.597. The Hall–Kier alpha value is -3.54. The fraction of sp³-hybridized carbons (Fsp3) is 0. The van der Waals surface area contributed by atoms with Crippen molar-refractivity contribution in [3.05, 3.63) is 66.9 Å². The quantitative estimate of drug-likeness (QED) is 0.543. The van der Waals surface area contributed by atoms with Gasteiger partial charge in [-0.3, -0.25) is 5.10 Å². The Balaban J connectivity index is 1.85. The Morgan fingerprint density at radius 3 is 2.25 bits per heavy atom. The van der Waals surface area contributed by atoms with E-state index in [9.17, 15) is 0 Å². The van der Waals surface area contributed by atoms with Crippen molar-refractivity contribution in [2.24, 2.45) is 0 Å². The molecule has 2 aliphatic rings. The molecule has 0 spiro atoms. The van der Waals surface area contributed by atoms with Crippen LogP contribution in [-0.2, 0) is 0 Å². The Bertz CT molecular complexity index is 1090. The molecule has 0 amide bonds. The lowest BCUT2D eigenvalue weighted by molar-refractivity contribution is 0.930. The van der Waals surface area contributed by atoms with Crippen molar-refractivity contribution in [1.29, 1.82) is 0 Å². The third-order valence-corrected chi connectivity index (χ3v) is 3.97. The molecule has 0 saturated carbocycles. The van der Waals surface area contributed by atoms with Gasteiger partial charge in [0.25, 0.3) is 0 Å². The van der Waals surface area contributed by atoms with E-state index in [0.717, 1.165) is 34.0 Å². The SMILES string of the molecule is c1ccc(-c2nc3c4cnnc-4nc(-c4ccccc4)n3[nH]2)cc1. The summed E-state index contributed by atoms with van der Waals surface area (Å²) in [5, 5.41) is 11.4. The number of hydrogen-bond donors (Lipinski definition) is 1. The van der Waals surface area contributed by atoms with E-state index < -0.39 is 0 Å². The minimum Gasteiger partial charge on any atom is -0.274 e. The average Bonchev–Trinajstić information content (AvgIpc) is 3.29. The lowest BCUT2D eigenvalue weighted by Gasteiger charge is -2.06. The summed E-state index contributed by atoms with van der Waals surface area (Å²) in [6, 6.07) is 20.0. The third-order valence-electron chi connectivity index (χ3n) is 3.97. The summed E-state index contributed by atoms with van der Waals surface area (Å²) in [6.45, 7) is 0. The minimum absolute atomic E-state index is 0.597. The molecule has 0 unspecified atom stereocenters. The Morgan fingerprint density at radius 1 is 0.792 bits per heavy atom. The molecule has 2 aromatic carbocycles. The fourth-order valence-corrected chi connectivity index (χ4v) is 2.82. The number of H-pyrrole nitrogens is 1. The van der Waals surface area contributed by atoms with Gasteiger partial charge in [-0.25, -0.2) is 14.5 Å². The summed E-state index contributed by atoms with van der Waals surface area (Å²) in [5.41, 5.74) is 3.59. The van der Waals surface area contributed by atoms with Crippen LogP contribution in [0.2, 0.25) is 0 Å². The van der Waals surface area contributed by atoms with Gasteiger partial charge in [0.1, 0.15) is 0 Å². The third kappa shape index (κ3) is 1.90. The molecule has 0 radical (unpaired) electrons. The number of aromatic amines is 1. The first-order chi connectivity index (χ1) is 11.9. The molecular formula is C18H12N6. The van der Waals surface area contributed by atoms with Crippen molar-refractivity contribution in [2.45, 2.75) is 0 Å². The van der Waals surface area contributed by atoms with Crippen molar-refractivity contribution >= 4 is 5.65 Å². The summed E-state index contributed by atoms with van der Waals surface area (Å²) in [7, 11) is 0. The topological polar surface area (TPSA) is 71.8 Å². The van der Waals surface area contributed by atoms with Crippen LogP contribution in [0, 0.1) is 0 Å². The number of nitrogens with zero attached hydrogens (tertiary/aromatic N) is 5. The van der Waals surface area contributed by atoms with E-state index in [1.54, 1.807) is 6.20 Å². The van der Waals surface area contributed by atoms with Crippen LogP contribution in [0.5, 0.6) is 0 Å². The molecule has 0 bridgehead atoms. The highest BCUT2D eigenvalue weighted by molar-refractivity contribution is 5.78. The molecule has 5 rings (SSSR count). The maximum Gasteiger partial charge on any atom is 0.189 e. The zero-order chi connectivity index (χ0) is 15.9. The molecule has 0 fully saturated rings. The highest BCUT2D eigenvalue weighted by Crippen LogP contribution is 2.28. The molecule has 2 aliphatic heterocycles. The largest absolute Gasteiger partial charge is 0.274 e. The average molecular weight is 312 g/mol. The summed E-state index contributed by atoms with van der Waals surface area (Å²) in [5.74, 6) is 2.14. The molecule has 6 heteroatoms.